The second-order valence-corrected chi connectivity index (χ2v) is 8.95. The van der Waals surface area contributed by atoms with E-state index in [1.807, 2.05) is 24.3 Å². The van der Waals surface area contributed by atoms with Gasteiger partial charge in [-0.15, -0.1) is 0 Å². The van der Waals surface area contributed by atoms with Crippen molar-refractivity contribution in [2.45, 2.75) is 26.2 Å². The predicted molar refractivity (Wildman–Crippen MR) is 138 cm³/mol. The quantitative estimate of drug-likeness (QED) is 0.381. The summed E-state index contributed by atoms with van der Waals surface area (Å²) in [5.74, 6) is 1.54. The maximum atomic E-state index is 13.3. The summed E-state index contributed by atoms with van der Waals surface area (Å²) in [5, 5.41) is 0. The largest absolute Gasteiger partial charge is 0.493 e. The molecule has 2 heterocycles. The number of likely N-dealkylation sites (tertiary alicyclic amines) is 1. The second kappa shape index (κ2) is 10.4. The molecule has 3 aromatic rings. The van der Waals surface area contributed by atoms with Crippen molar-refractivity contribution in [2.75, 3.05) is 38.3 Å². The van der Waals surface area contributed by atoms with Gasteiger partial charge in [-0.1, -0.05) is 25.1 Å². The summed E-state index contributed by atoms with van der Waals surface area (Å²) in [4.78, 5) is 30.0. The lowest BCUT2D eigenvalue weighted by Gasteiger charge is -2.18. The fourth-order valence-corrected chi connectivity index (χ4v) is 4.75. The van der Waals surface area contributed by atoms with Gasteiger partial charge in [0.25, 0.3) is 11.8 Å². The standard InChI is InChI=1S/C29H30N2O5/c1-3-20-8-4-5-9-25(20)36-22-11-12-23-24(19-22)29(33)31(28(23)32)21-10-13-26(27(18-21)34-2)35-17-16-30-14-6-7-15-30/h4-5,8-13,18-19H,3,6-7,14-17H2,1-2H3. The third-order valence-corrected chi connectivity index (χ3v) is 6.71. The molecule has 186 valence electrons. The zero-order valence-electron chi connectivity index (χ0n) is 20.7. The van der Waals surface area contributed by atoms with Crippen molar-refractivity contribution in [3.8, 4) is 23.0 Å². The lowest BCUT2D eigenvalue weighted by molar-refractivity contribution is 0.0926. The number of ether oxygens (including phenoxy) is 3. The van der Waals surface area contributed by atoms with Gasteiger partial charge < -0.3 is 14.2 Å². The maximum absolute atomic E-state index is 13.3. The van der Waals surface area contributed by atoms with E-state index in [0.717, 1.165) is 37.4 Å². The first kappa shape index (κ1) is 23.9. The summed E-state index contributed by atoms with van der Waals surface area (Å²) in [5.41, 5.74) is 2.16. The molecular weight excluding hydrogens is 456 g/mol. The monoisotopic (exact) mass is 486 g/mol. The van der Waals surface area contributed by atoms with Crippen LogP contribution in [0.3, 0.4) is 0 Å². The first-order valence-electron chi connectivity index (χ1n) is 12.4. The minimum absolute atomic E-state index is 0.316. The van der Waals surface area contributed by atoms with Crippen LogP contribution in [0, 0.1) is 0 Å². The summed E-state index contributed by atoms with van der Waals surface area (Å²) < 4.78 is 17.5. The van der Waals surface area contributed by atoms with Gasteiger partial charge in [-0.2, -0.15) is 0 Å². The minimum Gasteiger partial charge on any atom is -0.493 e. The third-order valence-electron chi connectivity index (χ3n) is 6.71. The van der Waals surface area contributed by atoms with Crippen LogP contribution in [0.4, 0.5) is 5.69 Å². The van der Waals surface area contributed by atoms with Crippen molar-refractivity contribution in [3.05, 3.63) is 77.4 Å². The van der Waals surface area contributed by atoms with E-state index < -0.39 is 5.91 Å². The van der Waals surface area contributed by atoms with Gasteiger partial charge in [0.15, 0.2) is 11.5 Å². The van der Waals surface area contributed by atoms with Crippen LogP contribution in [0.25, 0.3) is 0 Å². The highest BCUT2D eigenvalue weighted by molar-refractivity contribution is 6.34. The maximum Gasteiger partial charge on any atom is 0.266 e. The predicted octanol–water partition coefficient (Wildman–Crippen LogP) is 5.33. The van der Waals surface area contributed by atoms with Gasteiger partial charge in [-0.3, -0.25) is 14.5 Å². The van der Waals surface area contributed by atoms with Crippen LogP contribution in [0.15, 0.2) is 60.7 Å². The van der Waals surface area contributed by atoms with Gasteiger partial charge >= 0.3 is 0 Å². The number of amides is 2. The molecular formula is C29H30N2O5. The normalized spacial score (nSPS) is 15.3. The molecule has 1 saturated heterocycles. The van der Waals surface area contributed by atoms with Crippen LogP contribution in [0.2, 0.25) is 0 Å². The van der Waals surface area contributed by atoms with Crippen LogP contribution in [0.1, 0.15) is 46.0 Å². The highest BCUT2D eigenvalue weighted by Crippen LogP contribution is 2.37. The Hall–Kier alpha value is -3.84. The van der Waals surface area contributed by atoms with Gasteiger partial charge in [0, 0.05) is 12.6 Å². The van der Waals surface area contributed by atoms with Crippen LogP contribution in [-0.2, 0) is 6.42 Å². The van der Waals surface area contributed by atoms with E-state index in [4.69, 9.17) is 14.2 Å². The average molecular weight is 487 g/mol. The molecule has 0 spiro atoms. The number of imide groups is 1. The smallest absolute Gasteiger partial charge is 0.266 e. The molecule has 2 aliphatic heterocycles. The van der Waals surface area contributed by atoms with Crippen LogP contribution in [0.5, 0.6) is 23.0 Å². The van der Waals surface area contributed by atoms with E-state index in [1.165, 1.54) is 17.7 Å². The van der Waals surface area contributed by atoms with Gasteiger partial charge in [-0.25, -0.2) is 4.90 Å². The Balaban J connectivity index is 1.34. The molecule has 0 atom stereocenters. The first-order chi connectivity index (χ1) is 17.6. The number of rotatable bonds is 9. The summed E-state index contributed by atoms with van der Waals surface area (Å²) in [6.45, 7) is 5.68. The van der Waals surface area contributed by atoms with Crippen molar-refractivity contribution in [1.82, 2.24) is 4.90 Å². The number of benzene rings is 3. The number of anilines is 1. The average Bonchev–Trinajstić information content (AvgIpc) is 3.51. The molecule has 7 heteroatoms. The van der Waals surface area contributed by atoms with E-state index in [1.54, 1.807) is 43.5 Å². The molecule has 3 aromatic carbocycles. The Morgan fingerprint density at radius 1 is 0.833 bits per heavy atom. The number of hydrogen-bond acceptors (Lipinski definition) is 6. The van der Waals surface area contributed by atoms with Crippen molar-refractivity contribution >= 4 is 17.5 Å². The number of carbonyl (C=O) groups is 2. The fourth-order valence-electron chi connectivity index (χ4n) is 4.75. The summed E-state index contributed by atoms with van der Waals surface area (Å²) in [6.07, 6.45) is 3.29. The van der Waals surface area contributed by atoms with Crippen molar-refractivity contribution < 1.29 is 23.8 Å². The Morgan fingerprint density at radius 3 is 2.39 bits per heavy atom. The topological polar surface area (TPSA) is 68.3 Å². The number of hydrogen-bond donors (Lipinski definition) is 0. The van der Waals surface area contributed by atoms with Crippen molar-refractivity contribution in [3.63, 3.8) is 0 Å². The third kappa shape index (κ3) is 4.66. The molecule has 5 rings (SSSR count). The molecule has 0 radical (unpaired) electrons. The lowest BCUT2D eigenvalue weighted by Crippen LogP contribution is -2.29. The number of aryl methyl sites for hydroxylation is 1. The Kier molecular flexibility index (Phi) is 6.91. The molecule has 36 heavy (non-hydrogen) atoms. The van der Waals surface area contributed by atoms with Crippen molar-refractivity contribution in [1.29, 1.82) is 0 Å². The van der Waals surface area contributed by atoms with Crippen LogP contribution < -0.4 is 19.1 Å². The molecule has 0 aromatic heterocycles. The zero-order chi connectivity index (χ0) is 25.1. The fraction of sp³-hybridized carbons (Fsp3) is 0.310. The summed E-state index contributed by atoms with van der Waals surface area (Å²) in [7, 11) is 1.55. The number of methoxy groups -OCH3 is 1. The van der Waals surface area contributed by atoms with E-state index in [-0.39, 0.29) is 5.91 Å². The van der Waals surface area contributed by atoms with Crippen molar-refractivity contribution in [2.24, 2.45) is 0 Å². The van der Waals surface area contributed by atoms with Crippen LogP contribution >= 0.6 is 0 Å². The minimum atomic E-state index is -0.394. The van der Waals surface area contributed by atoms with E-state index in [2.05, 4.69) is 11.8 Å². The summed E-state index contributed by atoms with van der Waals surface area (Å²) >= 11 is 0. The Labute approximate surface area is 211 Å². The van der Waals surface area contributed by atoms with Gasteiger partial charge in [0.1, 0.15) is 18.1 Å². The number of nitrogens with zero attached hydrogens (tertiary/aromatic N) is 2. The molecule has 2 aliphatic rings. The lowest BCUT2D eigenvalue weighted by atomic mass is 10.1. The highest BCUT2D eigenvalue weighted by Gasteiger charge is 2.37. The Bertz CT molecular complexity index is 1280. The van der Waals surface area contributed by atoms with E-state index in [9.17, 15) is 9.59 Å². The Morgan fingerprint density at radius 2 is 1.61 bits per heavy atom. The molecule has 0 unspecified atom stereocenters. The molecule has 7 nitrogen and oxygen atoms in total. The van der Waals surface area contributed by atoms with Gasteiger partial charge in [0.2, 0.25) is 0 Å². The molecule has 0 aliphatic carbocycles. The number of carbonyl (C=O) groups excluding carboxylic acids is 2. The zero-order valence-corrected chi connectivity index (χ0v) is 20.7. The molecule has 0 N–H and O–H groups in total. The first-order valence-corrected chi connectivity index (χ1v) is 12.4. The molecule has 0 saturated carbocycles. The van der Waals surface area contributed by atoms with E-state index >= 15 is 0 Å². The molecule has 2 amide bonds. The van der Waals surface area contributed by atoms with Gasteiger partial charge in [0.05, 0.1) is 23.9 Å². The van der Waals surface area contributed by atoms with Gasteiger partial charge in [-0.05, 0) is 74.3 Å². The number of fused-ring (bicyclic) bond motifs is 1. The molecule has 1 fully saturated rings. The summed E-state index contributed by atoms with van der Waals surface area (Å²) in [6, 6.07) is 17.9. The highest BCUT2D eigenvalue weighted by atomic mass is 16.5. The van der Waals surface area contributed by atoms with E-state index in [0.29, 0.717) is 40.7 Å². The SMILES string of the molecule is CCc1ccccc1Oc1ccc2c(c1)C(=O)N(c1ccc(OCCN3CCCC3)c(OC)c1)C2=O. The van der Waals surface area contributed by atoms with Crippen LogP contribution in [-0.4, -0.2) is 50.1 Å². The molecule has 0 bridgehead atoms. The second-order valence-electron chi connectivity index (χ2n) is 8.95. The number of para-hydroxylation sites is 1.